The molecule has 88 valence electrons. The first-order valence-corrected chi connectivity index (χ1v) is 9.32. The van der Waals surface area contributed by atoms with Crippen LogP contribution in [-0.2, 0) is 0 Å². The largest absolute Gasteiger partial charge is 0.304 e. The molecule has 1 aliphatic rings. The van der Waals surface area contributed by atoms with Crippen LogP contribution in [0.1, 0.15) is 33.6 Å². The van der Waals surface area contributed by atoms with Crippen molar-refractivity contribution < 1.29 is 0 Å². The smallest absolute Gasteiger partial charge is 0.0781 e. The van der Waals surface area contributed by atoms with Gasteiger partial charge in [-0.25, -0.2) is 0 Å². The Morgan fingerprint density at radius 1 is 1.13 bits per heavy atom. The van der Waals surface area contributed by atoms with Gasteiger partial charge in [-0.15, -0.1) is 0 Å². The monoisotopic (exact) mass is 225 g/mol. The minimum absolute atomic E-state index is 1.03. The SMILES string of the molecule is CC=C[Si](CC)(CC)CCN1CCCC1. The third-order valence-corrected chi connectivity index (χ3v) is 9.13. The van der Waals surface area contributed by atoms with E-state index in [9.17, 15) is 0 Å². The molecule has 0 aliphatic carbocycles. The van der Waals surface area contributed by atoms with Gasteiger partial charge in [-0.1, -0.05) is 37.7 Å². The second-order valence-corrected chi connectivity index (χ2v) is 9.84. The van der Waals surface area contributed by atoms with Gasteiger partial charge in [0.2, 0.25) is 0 Å². The van der Waals surface area contributed by atoms with Gasteiger partial charge < -0.3 is 4.90 Å². The molecule has 1 heterocycles. The van der Waals surface area contributed by atoms with Crippen LogP contribution in [0.3, 0.4) is 0 Å². The molecule has 1 fully saturated rings. The molecule has 15 heavy (non-hydrogen) atoms. The summed E-state index contributed by atoms with van der Waals surface area (Å²) < 4.78 is 0. The summed E-state index contributed by atoms with van der Waals surface area (Å²) in [6.07, 6.45) is 5.15. The van der Waals surface area contributed by atoms with Gasteiger partial charge in [0.25, 0.3) is 0 Å². The van der Waals surface area contributed by atoms with E-state index in [0.717, 1.165) is 0 Å². The van der Waals surface area contributed by atoms with Crippen LogP contribution >= 0.6 is 0 Å². The summed E-state index contributed by atoms with van der Waals surface area (Å²) in [4.78, 5) is 2.66. The summed E-state index contributed by atoms with van der Waals surface area (Å²) in [5, 5.41) is 0. The Hall–Kier alpha value is -0.0831. The molecule has 1 rings (SSSR count). The molecule has 0 N–H and O–H groups in total. The maximum atomic E-state index is 2.66. The number of rotatable bonds is 6. The molecular formula is C13H27NSi. The average Bonchev–Trinajstić information content (AvgIpc) is 2.77. The number of nitrogens with zero attached hydrogens (tertiary/aromatic N) is 1. The molecular weight excluding hydrogens is 198 g/mol. The first kappa shape index (κ1) is 13.0. The summed E-state index contributed by atoms with van der Waals surface area (Å²) >= 11 is 0. The molecule has 1 nitrogen and oxygen atoms in total. The van der Waals surface area contributed by atoms with Crippen molar-refractivity contribution in [2.24, 2.45) is 0 Å². The van der Waals surface area contributed by atoms with Crippen LogP contribution in [0.15, 0.2) is 11.8 Å². The van der Waals surface area contributed by atoms with E-state index >= 15 is 0 Å². The van der Waals surface area contributed by atoms with E-state index in [1.54, 1.807) is 0 Å². The lowest BCUT2D eigenvalue weighted by Gasteiger charge is -2.28. The van der Waals surface area contributed by atoms with E-state index in [-0.39, 0.29) is 0 Å². The Morgan fingerprint density at radius 3 is 2.20 bits per heavy atom. The standard InChI is InChI=1S/C13H27NSi/c1-4-12-15(5-2,6-3)13-11-14-9-7-8-10-14/h4,12H,5-11,13H2,1-3H3. The minimum atomic E-state index is -1.03. The Morgan fingerprint density at radius 2 is 1.73 bits per heavy atom. The van der Waals surface area contributed by atoms with Crippen molar-refractivity contribution in [3.05, 3.63) is 11.8 Å². The summed E-state index contributed by atoms with van der Waals surface area (Å²) in [5.41, 5.74) is 2.57. The number of hydrogen-bond donors (Lipinski definition) is 0. The van der Waals surface area contributed by atoms with Crippen LogP contribution in [0.5, 0.6) is 0 Å². The molecule has 0 amide bonds. The van der Waals surface area contributed by atoms with Crippen molar-refractivity contribution >= 4 is 8.07 Å². The van der Waals surface area contributed by atoms with Crippen LogP contribution < -0.4 is 0 Å². The first-order valence-electron chi connectivity index (χ1n) is 6.62. The highest BCUT2D eigenvalue weighted by Crippen LogP contribution is 2.23. The van der Waals surface area contributed by atoms with Gasteiger partial charge in [0.05, 0.1) is 8.07 Å². The van der Waals surface area contributed by atoms with Gasteiger partial charge in [-0.2, -0.15) is 0 Å². The zero-order valence-electron chi connectivity index (χ0n) is 10.8. The predicted molar refractivity (Wildman–Crippen MR) is 72.0 cm³/mol. The lowest BCUT2D eigenvalue weighted by Crippen LogP contribution is -2.35. The van der Waals surface area contributed by atoms with Crippen molar-refractivity contribution in [1.29, 1.82) is 0 Å². The molecule has 0 saturated carbocycles. The number of hydrogen-bond acceptors (Lipinski definition) is 1. The molecule has 1 aliphatic heterocycles. The fourth-order valence-corrected chi connectivity index (χ4v) is 5.98. The van der Waals surface area contributed by atoms with Crippen LogP contribution in [0.25, 0.3) is 0 Å². The first-order chi connectivity index (χ1) is 7.26. The number of allylic oxidation sites excluding steroid dienone is 1. The van der Waals surface area contributed by atoms with Crippen molar-refractivity contribution in [2.75, 3.05) is 19.6 Å². The highest BCUT2D eigenvalue weighted by atomic mass is 28.3. The van der Waals surface area contributed by atoms with Crippen molar-refractivity contribution in [1.82, 2.24) is 4.90 Å². The summed E-state index contributed by atoms with van der Waals surface area (Å²) in [6, 6.07) is 4.31. The highest BCUT2D eigenvalue weighted by molar-refractivity contribution is 6.84. The summed E-state index contributed by atoms with van der Waals surface area (Å²) in [5.74, 6) is 0. The number of likely N-dealkylation sites (tertiary alicyclic amines) is 1. The third-order valence-electron chi connectivity index (χ3n) is 4.05. The van der Waals surface area contributed by atoms with Crippen molar-refractivity contribution in [2.45, 2.75) is 51.7 Å². The maximum Gasteiger partial charge on any atom is 0.0781 e. The molecule has 0 atom stereocenters. The van der Waals surface area contributed by atoms with E-state index in [1.807, 2.05) is 0 Å². The van der Waals surface area contributed by atoms with Crippen LogP contribution in [-0.4, -0.2) is 32.6 Å². The maximum absolute atomic E-state index is 2.66. The van der Waals surface area contributed by atoms with E-state index in [2.05, 4.69) is 37.4 Å². The molecule has 0 unspecified atom stereocenters. The van der Waals surface area contributed by atoms with E-state index in [0.29, 0.717) is 0 Å². The second kappa shape index (κ2) is 6.49. The van der Waals surface area contributed by atoms with Crippen LogP contribution in [0.4, 0.5) is 0 Å². The summed E-state index contributed by atoms with van der Waals surface area (Å²) in [7, 11) is -1.03. The molecule has 1 saturated heterocycles. The van der Waals surface area contributed by atoms with Gasteiger partial charge in [0.15, 0.2) is 0 Å². The Bertz CT molecular complexity index is 191. The summed E-state index contributed by atoms with van der Waals surface area (Å²) in [6.45, 7) is 11.0. The zero-order valence-corrected chi connectivity index (χ0v) is 11.8. The van der Waals surface area contributed by atoms with E-state index in [1.165, 1.54) is 50.6 Å². The Kier molecular flexibility index (Phi) is 5.62. The van der Waals surface area contributed by atoms with Crippen LogP contribution in [0, 0.1) is 0 Å². The molecule has 0 radical (unpaired) electrons. The molecule has 2 heteroatoms. The third kappa shape index (κ3) is 3.76. The predicted octanol–water partition coefficient (Wildman–Crippen LogP) is 3.69. The normalized spacial score (nSPS) is 19.1. The molecule has 0 aromatic rings. The topological polar surface area (TPSA) is 3.24 Å². The second-order valence-electron chi connectivity index (χ2n) is 4.87. The molecule has 0 aromatic carbocycles. The zero-order chi connectivity index (χ0) is 11.1. The van der Waals surface area contributed by atoms with E-state index < -0.39 is 8.07 Å². The minimum Gasteiger partial charge on any atom is -0.304 e. The highest BCUT2D eigenvalue weighted by Gasteiger charge is 2.26. The average molecular weight is 225 g/mol. The lowest BCUT2D eigenvalue weighted by atomic mass is 10.4. The molecule has 0 spiro atoms. The van der Waals surface area contributed by atoms with Gasteiger partial charge in [0, 0.05) is 0 Å². The van der Waals surface area contributed by atoms with Gasteiger partial charge in [0.1, 0.15) is 0 Å². The Labute approximate surface area is 96.6 Å². The van der Waals surface area contributed by atoms with Crippen LogP contribution in [0.2, 0.25) is 18.1 Å². The van der Waals surface area contributed by atoms with Gasteiger partial charge >= 0.3 is 0 Å². The van der Waals surface area contributed by atoms with Crippen molar-refractivity contribution in [3.8, 4) is 0 Å². The van der Waals surface area contributed by atoms with Gasteiger partial charge in [-0.3, -0.25) is 0 Å². The van der Waals surface area contributed by atoms with Crippen molar-refractivity contribution in [3.63, 3.8) is 0 Å². The molecule has 0 aromatic heterocycles. The fourth-order valence-electron chi connectivity index (χ4n) is 2.66. The lowest BCUT2D eigenvalue weighted by molar-refractivity contribution is 0.357. The Balaban J connectivity index is 2.42. The fraction of sp³-hybridized carbons (Fsp3) is 0.846. The van der Waals surface area contributed by atoms with E-state index in [4.69, 9.17) is 0 Å². The quantitative estimate of drug-likeness (QED) is 0.623. The molecule has 0 bridgehead atoms. The van der Waals surface area contributed by atoms with Gasteiger partial charge in [-0.05, 0) is 45.4 Å².